The van der Waals surface area contributed by atoms with Crippen molar-refractivity contribution in [2.24, 2.45) is 5.92 Å². The summed E-state index contributed by atoms with van der Waals surface area (Å²) in [5, 5.41) is 0.986. The number of ether oxygens (including phenoxy) is 2. The molecular formula is C20H16Cl2FNO4. The van der Waals surface area contributed by atoms with Crippen molar-refractivity contribution in [3.05, 3.63) is 57.3 Å². The van der Waals surface area contributed by atoms with Crippen LogP contribution in [0.4, 0.5) is 4.39 Å². The third-order valence-corrected chi connectivity index (χ3v) is 5.32. The van der Waals surface area contributed by atoms with Crippen LogP contribution in [0.25, 0.3) is 0 Å². The largest absolute Gasteiger partial charge is 0.492 e. The van der Waals surface area contributed by atoms with Crippen LogP contribution in [0.5, 0.6) is 11.5 Å². The van der Waals surface area contributed by atoms with Crippen LogP contribution in [0.2, 0.25) is 10.0 Å². The maximum absolute atomic E-state index is 14.3. The predicted molar refractivity (Wildman–Crippen MR) is 102 cm³/mol. The van der Waals surface area contributed by atoms with Crippen molar-refractivity contribution >= 4 is 34.9 Å². The molecule has 0 unspecified atom stereocenters. The lowest BCUT2D eigenvalue weighted by atomic mass is 9.97. The van der Waals surface area contributed by atoms with Crippen molar-refractivity contribution < 1.29 is 23.5 Å². The number of ketones is 1. The van der Waals surface area contributed by atoms with Crippen molar-refractivity contribution in [1.82, 2.24) is 4.90 Å². The molecule has 0 spiro atoms. The maximum atomic E-state index is 14.3. The third kappa shape index (κ3) is 3.80. The molecule has 0 aromatic heterocycles. The van der Waals surface area contributed by atoms with Gasteiger partial charge in [-0.3, -0.25) is 9.59 Å². The highest BCUT2D eigenvalue weighted by Crippen LogP contribution is 2.31. The smallest absolute Gasteiger partial charge is 0.256 e. The first-order chi connectivity index (χ1) is 13.4. The fourth-order valence-electron chi connectivity index (χ4n) is 3.26. The summed E-state index contributed by atoms with van der Waals surface area (Å²) in [6.45, 7) is 1.20. The number of hydrogen-bond acceptors (Lipinski definition) is 4. The van der Waals surface area contributed by atoms with Crippen molar-refractivity contribution in [1.29, 1.82) is 0 Å². The van der Waals surface area contributed by atoms with E-state index in [-0.39, 0.29) is 30.3 Å². The second-order valence-corrected chi connectivity index (χ2v) is 7.75. The molecule has 5 nitrogen and oxygen atoms in total. The number of nitrogens with zero attached hydrogens (tertiary/aromatic N) is 1. The van der Waals surface area contributed by atoms with Crippen molar-refractivity contribution in [2.45, 2.75) is 6.42 Å². The number of carbonyl (C=O) groups is 2. The van der Waals surface area contributed by atoms with Crippen LogP contribution in [0.3, 0.4) is 0 Å². The fraction of sp³-hybridized carbons (Fsp3) is 0.300. The number of fused-ring (bicyclic) bond motifs is 1. The number of carbonyl (C=O) groups excluding carboxylic acids is 2. The standard InChI is InChI=1S/C20H16Cl2FNO4/c21-13-1-2-16(22)19(5-13)27-9-11-7-24(8-11)20(26)15-4-12-3-14(25)10-28-18(12)6-17(15)23/h1-2,4-6,11H,3,7-10H2. The van der Waals surface area contributed by atoms with E-state index in [9.17, 15) is 14.0 Å². The lowest BCUT2D eigenvalue weighted by Crippen LogP contribution is -2.52. The van der Waals surface area contributed by atoms with Crippen LogP contribution < -0.4 is 9.47 Å². The first kappa shape index (κ1) is 19.0. The first-order valence-corrected chi connectivity index (χ1v) is 9.50. The van der Waals surface area contributed by atoms with Crippen LogP contribution >= 0.6 is 23.2 Å². The van der Waals surface area contributed by atoms with Crippen LogP contribution in [0.15, 0.2) is 30.3 Å². The molecule has 1 saturated heterocycles. The summed E-state index contributed by atoms with van der Waals surface area (Å²) in [6.07, 6.45) is 0.146. The van der Waals surface area contributed by atoms with Gasteiger partial charge in [0, 0.05) is 48.1 Å². The summed E-state index contributed by atoms with van der Waals surface area (Å²) in [5.41, 5.74) is 0.492. The maximum Gasteiger partial charge on any atom is 0.256 e. The Morgan fingerprint density at radius 3 is 2.82 bits per heavy atom. The molecule has 0 N–H and O–H groups in total. The van der Waals surface area contributed by atoms with Gasteiger partial charge in [0.2, 0.25) is 0 Å². The lowest BCUT2D eigenvalue weighted by molar-refractivity contribution is -0.121. The topological polar surface area (TPSA) is 55.8 Å². The SMILES string of the molecule is O=C1COc2cc(F)c(C(=O)N3CC(COc4cc(Cl)ccc4Cl)C3)cc2C1. The van der Waals surface area contributed by atoms with Gasteiger partial charge >= 0.3 is 0 Å². The summed E-state index contributed by atoms with van der Waals surface area (Å²) < 4.78 is 25.2. The monoisotopic (exact) mass is 423 g/mol. The minimum atomic E-state index is -0.650. The molecule has 2 aromatic rings. The van der Waals surface area contributed by atoms with Gasteiger partial charge in [-0.25, -0.2) is 4.39 Å². The number of halogens is 3. The van der Waals surface area contributed by atoms with Gasteiger partial charge in [0.1, 0.15) is 23.9 Å². The number of hydrogen-bond donors (Lipinski definition) is 0. The van der Waals surface area contributed by atoms with Gasteiger partial charge in [0.15, 0.2) is 5.78 Å². The minimum absolute atomic E-state index is 0.0469. The second kappa shape index (κ2) is 7.60. The Bertz CT molecular complexity index is 959. The molecule has 2 aliphatic rings. The van der Waals surface area contributed by atoms with Gasteiger partial charge in [-0.2, -0.15) is 0 Å². The fourth-order valence-corrected chi connectivity index (χ4v) is 3.60. The zero-order chi connectivity index (χ0) is 19.8. The summed E-state index contributed by atoms with van der Waals surface area (Å²) in [4.78, 5) is 25.7. The average Bonchev–Trinajstić information content (AvgIpc) is 2.62. The molecule has 2 aliphatic heterocycles. The Morgan fingerprint density at radius 2 is 2.04 bits per heavy atom. The van der Waals surface area contributed by atoms with E-state index in [0.29, 0.717) is 46.8 Å². The average molecular weight is 424 g/mol. The van der Waals surface area contributed by atoms with Gasteiger partial charge in [-0.05, 0) is 18.2 Å². The van der Waals surface area contributed by atoms with E-state index in [4.69, 9.17) is 32.7 Å². The van der Waals surface area contributed by atoms with E-state index < -0.39 is 11.7 Å². The molecule has 0 aliphatic carbocycles. The molecule has 0 bridgehead atoms. The van der Waals surface area contributed by atoms with Crippen LogP contribution in [-0.4, -0.2) is 42.9 Å². The number of amides is 1. The molecule has 1 fully saturated rings. The highest BCUT2D eigenvalue weighted by Gasteiger charge is 2.34. The van der Waals surface area contributed by atoms with E-state index in [2.05, 4.69) is 0 Å². The molecule has 0 saturated carbocycles. The molecule has 1 amide bonds. The number of benzene rings is 2. The van der Waals surface area contributed by atoms with Crippen LogP contribution in [-0.2, 0) is 11.2 Å². The van der Waals surface area contributed by atoms with Gasteiger partial charge in [-0.15, -0.1) is 0 Å². The van der Waals surface area contributed by atoms with Crippen LogP contribution in [0.1, 0.15) is 15.9 Å². The predicted octanol–water partition coefficient (Wildman–Crippen LogP) is 3.79. The zero-order valence-corrected chi connectivity index (χ0v) is 16.2. The van der Waals surface area contributed by atoms with Crippen molar-refractivity contribution in [3.63, 3.8) is 0 Å². The Kier molecular flexibility index (Phi) is 5.17. The molecule has 0 atom stereocenters. The number of rotatable bonds is 4. The Balaban J connectivity index is 1.37. The Morgan fingerprint density at radius 1 is 1.25 bits per heavy atom. The number of likely N-dealkylation sites (tertiary alicyclic amines) is 1. The van der Waals surface area contributed by atoms with Crippen LogP contribution in [0, 0.1) is 11.7 Å². The molecule has 4 rings (SSSR count). The van der Waals surface area contributed by atoms with Crippen molar-refractivity contribution in [3.8, 4) is 11.5 Å². The molecule has 2 aromatic carbocycles. The third-order valence-electron chi connectivity index (χ3n) is 4.77. The normalized spacial score (nSPS) is 16.2. The van der Waals surface area contributed by atoms with E-state index >= 15 is 0 Å². The summed E-state index contributed by atoms with van der Waals surface area (Å²) in [6, 6.07) is 7.56. The van der Waals surface area contributed by atoms with E-state index in [1.807, 2.05) is 0 Å². The molecule has 146 valence electrons. The van der Waals surface area contributed by atoms with Gasteiger partial charge < -0.3 is 14.4 Å². The zero-order valence-electron chi connectivity index (χ0n) is 14.7. The van der Waals surface area contributed by atoms with E-state index in [1.54, 1.807) is 23.1 Å². The van der Waals surface area contributed by atoms with Gasteiger partial charge in [0.25, 0.3) is 5.91 Å². The Labute approximate surface area is 170 Å². The molecule has 28 heavy (non-hydrogen) atoms. The molecule has 8 heteroatoms. The summed E-state index contributed by atoms with van der Waals surface area (Å²) in [5.74, 6) is -0.229. The molecule has 2 heterocycles. The van der Waals surface area contributed by atoms with Crippen molar-refractivity contribution in [2.75, 3.05) is 26.3 Å². The second-order valence-electron chi connectivity index (χ2n) is 6.91. The van der Waals surface area contributed by atoms with E-state index in [0.717, 1.165) is 0 Å². The Hall–Kier alpha value is -2.31. The highest BCUT2D eigenvalue weighted by molar-refractivity contribution is 6.34. The minimum Gasteiger partial charge on any atom is -0.492 e. The van der Waals surface area contributed by atoms with Gasteiger partial charge in [0.05, 0.1) is 17.2 Å². The summed E-state index contributed by atoms with van der Waals surface area (Å²) in [7, 11) is 0. The quantitative estimate of drug-likeness (QED) is 0.750. The van der Waals surface area contributed by atoms with Gasteiger partial charge in [-0.1, -0.05) is 23.2 Å². The molecular weight excluding hydrogens is 408 g/mol. The number of Topliss-reactive ketones (excluding diaryl/α,β-unsaturated/α-hetero) is 1. The van der Waals surface area contributed by atoms with E-state index in [1.165, 1.54) is 12.1 Å². The lowest BCUT2D eigenvalue weighted by Gasteiger charge is -2.39. The molecule has 0 radical (unpaired) electrons. The highest BCUT2D eigenvalue weighted by atomic mass is 35.5. The summed E-state index contributed by atoms with van der Waals surface area (Å²) >= 11 is 12.0. The first-order valence-electron chi connectivity index (χ1n) is 8.74.